The van der Waals surface area contributed by atoms with Gasteiger partial charge in [-0.15, -0.1) is 0 Å². The fraction of sp³-hybridized carbons (Fsp3) is 0. The third-order valence-corrected chi connectivity index (χ3v) is 3.81. The van der Waals surface area contributed by atoms with Crippen molar-refractivity contribution in [3.63, 3.8) is 0 Å². The largest absolute Gasteiger partial charge is 0.289 e. The van der Waals surface area contributed by atoms with Gasteiger partial charge in [0.1, 0.15) is 0 Å². The van der Waals surface area contributed by atoms with Gasteiger partial charge in [-0.25, -0.2) is 0 Å². The predicted octanol–water partition coefficient (Wildman–Crippen LogP) is 5.16. The van der Waals surface area contributed by atoms with E-state index in [-0.39, 0.29) is 11.5 Å². The SMILES string of the molecule is O=C(C=Cc1ccccc1)c1ccc(-c2ccc([N+](=O)[O-])cc2)cc1. The van der Waals surface area contributed by atoms with Crippen molar-refractivity contribution < 1.29 is 9.72 Å². The Hall–Kier alpha value is -3.53. The molecule has 0 fully saturated rings. The lowest BCUT2D eigenvalue weighted by atomic mass is 10.0. The number of non-ortho nitro benzene ring substituents is 1. The summed E-state index contributed by atoms with van der Waals surface area (Å²) in [7, 11) is 0. The second-order valence-corrected chi connectivity index (χ2v) is 5.49. The summed E-state index contributed by atoms with van der Waals surface area (Å²) in [4.78, 5) is 22.5. The Labute approximate surface area is 145 Å². The van der Waals surface area contributed by atoms with E-state index in [9.17, 15) is 14.9 Å². The first-order chi connectivity index (χ1) is 12.1. The van der Waals surface area contributed by atoms with Crippen LogP contribution in [0.1, 0.15) is 15.9 Å². The van der Waals surface area contributed by atoms with Crippen molar-refractivity contribution in [2.24, 2.45) is 0 Å². The molecule has 0 N–H and O–H groups in total. The Balaban J connectivity index is 1.74. The van der Waals surface area contributed by atoms with Crippen LogP contribution in [0.3, 0.4) is 0 Å². The Morgan fingerprint density at radius 2 is 1.36 bits per heavy atom. The van der Waals surface area contributed by atoms with E-state index in [2.05, 4.69) is 0 Å². The van der Waals surface area contributed by atoms with Crippen LogP contribution in [0.2, 0.25) is 0 Å². The number of ketones is 1. The van der Waals surface area contributed by atoms with Crippen molar-refractivity contribution in [3.8, 4) is 11.1 Å². The summed E-state index contributed by atoms with van der Waals surface area (Å²) in [6.45, 7) is 0. The molecule has 0 radical (unpaired) electrons. The number of benzene rings is 3. The summed E-state index contributed by atoms with van der Waals surface area (Å²) in [5.41, 5.74) is 3.39. The molecule has 0 aliphatic rings. The van der Waals surface area contributed by atoms with Crippen LogP contribution >= 0.6 is 0 Å². The van der Waals surface area contributed by atoms with Crippen LogP contribution in [0.5, 0.6) is 0 Å². The minimum atomic E-state index is -0.426. The summed E-state index contributed by atoms with van der Waals surface area (Å²) in [5.74, 6) is -0.0703. The fourth-order valence-electron chi connectivity index (χ4n) is 2.43. The molecule has 0 amide bonds. The van der Waals surface area contributed by atoms with Crippen molar-refractivity contribution in [1.82, 2.24) is 0 Å². The van der Waals surface area contributed by atoms with Crippen LogP contribution in [0.15, 0.2) is 84.9 Å². The first-order valence-corrected chi connectivity index (χ1v) is 7.76. The molecular formula is C21H15NO3. The van der Waals surface area contributed by atoms with Crippen molar-refractivity contribution in [3.05, 3.63) is 106 Å². The molecule has 3 rings (SSSR count). The summed E-state index contributed by atoms with van der Waals surface area (Å²) >= 11 is 0. The molecule has 0 aliphatic carbocycles. The van der Waals surface area contributed by atoms with Gasteiger partial charge in [-0.05, 0) is 34.9 Å². The molecule has 0 heterocycles. The lowest BCUT2D eigenvalue weighted by molar-refractivity contribution is -0.384. The Morgan fingerprint density at radius 1 is 0.800 bits per heavy atom. The number of nitrogens with zero attached hydrogens (tertiary/aromatic N) is 1. The predicted molar refractivity (Wildman–Crippen MR) is 98.3 cm³/mol. The summed E-state index contributed by atoms with van der Waals surface area (Å²) < 4.78 is 0. The highest BCUT2D eigenvalue weighted by Crippen LogP contribution is 2.23. The molecular weight excluding hydrogens is 314 g/mol. The van der Waals surface area contributed by atoms with Crippen LogP contribution in [0.25, 0.3) is 17.2 Å². The number of carbonyl (C=O) groups excluding carboxylic acids is 1. The van der Waals surface area contributed by atoms with E-state index in [4.69, 9.17) is 0 Å². The number of hydrogen-bond acceptors (Lipinski definition) is 3. The molecule has 0 saturated heterocycles. The minimum absolute atomic E-state index is 0.0570. The Morgan fingerprint density at radius 3 is 1.92 bits per heavy atom. The average Bonchev–Trinajstić information content (AvgIpc) is 2.67. The van der Waals surface area contributed by atoms with E-state index in [0.717, 1.165) is 16.7 Å². The van der Waals surface area contributed by atoms with Crippen LogP contribution in [0, 0.1) is 10.1 Å². The van der Waals surface area contributed by atoms with E-state index in [1.54, 1.807) is 36.4 Å². The van der Waals surface area contributed by atoms with Gasteiger partial charge in [-0.3, -0.25) is 14.9 Å². The van der Waals surface area contributed by atoms with Crippen LogP contribution in [-0.4, -0.2) is 10.7 Å². The highest BCUT2D eigenvalue weighted by Gasteiger charge is 2.06. The normalized spacial score (nSPS) is 10.7. The maximum Gasteiger partial charge on any atom is 0.269 e. The van der Waals surface area contributed by atoms with Gasteiger partial charge in [0.15, 0.2) is 5.78 Å². The lowest BCUT2D eigenvalue weighted by Crippen LogP contribution is -1.94. The third kappa shape index (κ3) is 4.06. The van der Waals surface area contributed by atoms with Crippen molar-refractivity contribution in [2.45, 2.75) is 0 Å². The van der Waals surface area contributed by atoms with Gasteiger partial charge in [0.05, 0.1) is 4.92 Å². The molecule has 0 spiro atoms. The zero-order chi connectivity index (χ0) is 17.6. The molecule has 0 saturated carbocycles. The first kappa shape index (κ1) is 16.3. The maximum absolute atomic E-state index is 12.2. The number of hydrogen-bond donors (Lipinski definition) is 0. The molecule has 4 nitrogen and oxygen atoms in total. The molecule has 0 unspecified atom stereocenters. The van der Waals surface area contributed by atoms with E-state index in [1.165, 1.54) is 12.1 Å². The minimum Gasteiger partial charge on any atom is -0.289 e. The Bertz CT molecular complexity index is 912. The highest BCUT2D eigenvalue weighted by atomic mass is 16.6. The zero-order valence-corrected chi connectivity index (χ0v) is 13.3. The molecule has 4 heteroatoms. The van der Waals surface area contributed by atoms with Crippen LogP contribution < -0.4 is 0 Å². The van der Waals surface area contributed by atoms with E-state index >= 15 is 0 Å². The highest BCUT2D eigenvalue weighted by molar-refractivity contribution is 6.07. The lowest BCUT2D eigenvalue weighted by Gasteiger charge is -2.03. The summed E-state index contributed by atoms with van der Waals surface area (Å²) in [6, 6.07) is 23.2. The van der Waals surface area contributed by atoms with Gasteiger partial charge in [-0.2, -0.15) is 0 Å². The van der Waals surface area contributed by atoms with E-state index in [0.29, 0.717) is 5.56 Å². The number of rotatable bonds is 5. The van der Waals surface area contributed by atoms with Crippen LogP contribution in [0.4, 0.5) is 5.69 Å². The van der Waals surface area contributed by atoms with Crippen molar-refractivity contribution >= 4 is 17.5 Å². The molecule has 3 aromatic rings. The van der Waals surface area contributed by atoms with Crippen molar-refractivity contribution in [2.75, 3.05) is 0 Å². The van der Waals surface area contributed by atoms with E-state index < -0.39 is 4.92 Å². The summed E-state index contributed by atoms with van der Waals surface area (Å²) in [6.07, 6.45) is 3.34. The smallest absolute Gasteiger partial charge is 0.269 e. The number of nitro groups is 1. The molecule has 0 atom stereocenters. The van der Waals surface area contributed by atoms with Gasteiger partial charge in [0.2, 0.25) is 0 Å². The van der Waals surface area contributed by atoms with Gasteiger partial charge < -0.3 is 0 Å². The second-order valence-electron chi connectivity index (χ2n) is 5.49. The van der Waals surface area contributed by atoms with Crippen LogP contribution in [-0.2, 0) is 0 Å². The Kier molecular flexibility index (Phi) is 4.81. The van der Waals surface area contributed by atoms with Crippen molar-refractivity contribution in [1.29, 1.82) is 0 Å². The van der Waals surface area contributed by atoms with Gasteiger partial charge >= 0.3 is 0 Å². The monoisotopic (exact) mass is 329 g/mol. The zero-order valence-electron chi connectivity index (χ0n) is 13.3. The first-order valence-electron chi connectivity index (χ1n) is 7.76. The maximum atomic E-state index is 12.2. The quantitative estimate of drug-likeness (QED) is 0.281. The second kappa shape index (κ2) is 7.36. The van der Waals surface area contributed by atoms with Gasteiger partial charge in [-0.1, -0.05) is 60.7 Å². The number of nitro benzene ring substituents is 1. The van der Waals surface area contributed by atoms with E-state index in [1.807, 2.05) is 42.5 Å². The standard InChI is InChI=1S/C21H15NO3/c23-21(15-6-16-4-2-1-3-5-16)19-9-7-17(8-10-19)18-11-13-20(14-12-18)22(24)25/h1-15H. The fourth-order valence-corrected chi connectivity index (χ4v) is 2.43. The molecule has 3 aromatic carbocycles. The average molecular weight is 329 g/mol. The topological polar surface area (TPSA) is 60.2 Å². The molecule has 25 heavy (non-hydrogen) atoms. The number of allylic oxidation sites excluding steroid dienone is 1. The molecule has 0 aromatic heterocycles. The van der Waals surface area contributed by atoms with Gasteiger partial charge in [0.25, 0.3) is 5.69 Å². The molecule has 0 bridgehead atoms. The van der Waals surface area contributed by atoms with Gasteiger partial charge in [0, 0.05) is 17.7 Å². The molecule has 122 valence electrons. The third-order valence-electron chi connectivity index (χ3n) is 3.81. The number of carbonyl (C=O) groups is 1. The molecule has 0 aliphatic heterocycles. The summed E-state index contributed by atoms with van der Waals surface area (Å²) in [5, 5.41) is 10.7.